The van der Waals surface area contributed by atoms with E-state index in [2.05, 4.69) is 58.1 Å². The summed E-state index contributed by atoms with van der Waals surface area (Å²) in [4.78, 5) is 29.0. The summed E-state index contributed by atoms with van der Waals surface area (Å²) in [6.07, 6.45) is 12.3. The van der Waals surface area contributed by atoms with Gasteiger partial charge in [-0.2, -0.15) is 0 Å². The van der Waals surface area contributed by atoms with Crippen molar-refractivity contribution in [1.82, 2.24) is 4.90 Å². The molecule has 40 heavy (non-hydrogen) atoms. The number of nitrogens with one attached hydrogen (secondary N) is 1. The molecule has 3 amide bonds. The predicted octanol–water partition coefficient (Wildman–Crippen LogP) is 9.24. The highest BCUT2D eigenvalue weighted by molar-refractivity contribution is 6.30. The number of hydrogen-bond acceptors (Lipinski definition) is 2. The summed E-state index contributed by atoms with van der Waals surface area (Å²) >= 11 is 6.13. The highest BCUT2D eigenvalue weighted by Gasteiger charge is 2.59. The van der Waals surface area contributed by atoms with E-state index in [1.165, 1.54) is 32.1 Å². The van der Waals surface area contributed by atoms with Crippen LogP contribution < -0.4 is 5.32 Å². The molecule has 0 saturated heterocycles. The molecule has 4 nitrogen and oxygen atoms in total. The first-order valence-corrected chi connectivity index (χ1v) is 15.5. The maximum absolute atomic E-state index is 14.1. The van der Waals surface area contributed by atoms with Crippen molar-refractivity contribution in [3.05, 3.63) is 65.2 Å². The second kappa shape index (κ2) is 9.76. The fraction of sp³-hybridized carbons (Fsp3) is 0.543. The first-order chi connectivity index (χ1) is 18.9. The van der Waals surface area contributed by atoms with Crippen LogP contribution in [0.4, 0.5) is 10.5 Å². The first kappa shape index (κ1) is 27.6. The summed E-state index contributed by atoms with van der Waals surface area (Å²) < 4.78 is 0. The second-order valence-electron chi connectivity index (χ2n) is 14.4. The van der Waals surface area contributed by atoms with Crippen molar-refractivity contribution in [3.63, 3.8) is 0 Å². The van der Waals surface area contributed by atoms with Crippen LogP contribution in [-0.2, 0) is 10.2 Å². The normalized spacial score (nSPS) is 33.2. The maximum atomic E-state index is 14.1. The Morgan fingerprint density at radius 3 is 2.40 bits per heavy atom. The monoisotopic (exact) mass is 558 g/mol. The van der Waals surface area contributed by atoms with Crippen molar-refractivity contribution >= 4 is 29.2 Å². The number of urea groups is 1. The van der Waals surface area contributed by atoms with E-state index in [-0.39, 0.29) is 28.8 Å². The van der Waals surface area contributed by atoms with E-state index >= 15 is 0 Å². The molecule has 1 aliphatic heterocycles. The molecule has 2 aromatic carbocycles. The Morgan fingerprint density at radius 2 is 1.68 bits per heavy atom. The maximum Gasteiger partial charge on any atom is 0.329 e. The van der Waals surface area contributed by atoms with Crippen LogP contribution in [0, 0.1) is 28.6 Å². The van der Waals surface area contributed by atoms with E-state index in [0.717, 1.165) is 41.1 Å². The SMILES string of the molecule is CC(C)(C)c1ccc(-c2ccc(Cl)cc2)cc1NC(=O)N1C(=O)C=C[C@]2(C)[C@H]3CC[C@]4(C)CCC[C@H]4[C@@H]3CC[C@@H]12. The van der Waals surface area contributed by atoms with Crippen LogP contribution in [0.5, 0.6) is 0 Å². The number of carbonyl (C=O) groups is 2. The van der Waals surface area contributed by atoms with Gasteiger partial charge in [-0.15, -0.1) is 0 Å². The van der Waals surface area contributed by atoms with Crippen LogP contribution in [0.1, 0.15) is 85.1 Å². The van der Waals surface area contributed by atoms with Crippen LogP contribution in [-0.4, -0.2) is 22.9 Å². The summed E-state index contributed by atoms with van der Waals surface area (Å²) in [5.74, 6) is 1.78. The van der Waals surface area contributed by atoms with Gasteiger partial charge in [0.1, 0.15) is 0 Å². The molecule has 3 fully saturated rings. The summed E-state index contributed by atoms with van der Waals surface area (Å²) in [5, 5.41) is 3.90. The molecule has 6 atom stereocenters. The average molecular weight is 559 g/mol. The molecule has 0 bridgehead atoms. The van der Waals surface area contributed by atoms with Gasteiger partial charge in [0.15, 0.2) is 0 Å². The fourth-order valence-corrected chi connectivity index (χ4v) is 9.16. The Balaban J connectivity index is 1.31. The van der Waals surface area contributed by atoms with Crippen molar-refractivity contribution in [2.24, 2.45) is 28.6 Å². The third kappa shape index (κ3) is 4.51. The third-order valence-electron chi connectivity index (χ3n) is 11.1. The Labute approximate surface area is 244 Å². The lowest BCUT2D eigenvalue weighted by Crippen LogP contribution is -2.62. The van der Waals surface area contributed by atoms with E-state index < -0.39 is 0 Å². The summed E-state index contributed by atoms with van der Waals surface area (Å²) in [6.45, 7) is 11.3. The zero-order chi connectivity index (χ0) is 28.4. The van der Waals surface area contributed by atoms with Crippen molar-refractivity contribution in [2.75, 3.05) is 5.32 Å². The van der Waals surface area contributed by atoms with Crippen LogP contribution in [0.25, 0.3) is 11.1 Å². The number of anilines is 1. The molecule has 0 aromatic heterocycles. The van der Waals surface area contributed by atoms with Gasteiger partial charge in [-0.25, -0.2) is 4.79 Å². The Kier molecular flexibility index (Phi) is 6.72. The molecule has 5 heteroatoms. The number of nitrogens with zero attached hydrogens (tertiary/aromatic N) is 1. The highest BCUT2D eigenvalue weighted by Crippen LogP contribution is 2.64. The van der Waals surface area contributed by atoms with Gasteiger partial charge in [-0.05, 0) is 102 Å². The van der Waals surface area contributed by atoms with E-state index in [1.54, 1.807) is 11.0 Å². The lowest BCUT2D eigenvalue weighted by molar-refractivity contribution is -0.134. The van der Waals surface area contributed by atoms with Crippen molar-refractivity contribution in [2.45, 2.75) is 91.0 Å². The minimum Gasteiger partial charge on any atom is -0.307 e. The van der Waals surface area contributed by atoms with Crippen molar-refractivity contribution in [3.8, 4) is 11.1 Å². The van der Waals surface area contributed by atoms with Crippen LogP contribution in [0.15, 0.2) is 54.6 Å². The predicted molar refractivity (Wildman–Crippen MR) is 163 cm³/mol. The number of benzene rings is 2. The molecule has 0 spiro atoms. The lowest BCUT2D eigenvalue weighted by Gasteiger charge is -2.59. The number of carbonyl (C=O) groups excluding carboxylic acids is 2. The van der Waals surface area contributed by atoms with Gasteiger partial charge in [0.2, 0.25) is 0 Å². The lowest BCUT2D eigenvalue weighted by atomic mass is 9.48. The molecule has 212 valence electrons. The molecule has 2 aromatic rings. The molecular formula is C35H43ClN2O2. The third-order valence-corrected chi connectivity index (χ3v) is 11.4. The molecular weight excluding hydrogens is 516 g/mol. The summed E-state index contributed by atoms with van der Waals surface area (Å²) in [5.41, 5.74) is 3.93. The number of amides is 3. The number of fused-ring (bicyclic) bond motifs is 5. The number of imide groups is 1. The molecule has 3 aliphatic carbocycles. The summed E-state index contributed by atoms with van der Waals surface area (Å²) in [6, 6.07) is 13.5. The highest BCUT2D eigenvalue weighted by atomic mass is 35.5. The molecule has 4 aliphatic rings. The van der Waals surface area contributed by atoms with Crippen LogP contribution in [0.2, 0.25) is 5.02 Å². The molecule has 0 radical (unpaired) electrons. The van der Waals surface area contributed by atoms with Crippen LogP contribution >= 0.6 is 11.6 Å². The average Bonchev–Trinajstić information content (AvgIpc) is 3.30. The van der Waals surface area contributed by atoms with Crippen molar-refractivity contribution in [1.29, 1.82) is 0 Å². The molecule has 0 unspecified atom stereocenters. The van der Waals surface area contributed by atoms with E-state index in [0.29, 0.717) is 22.3 Å². The zero-order valence-corrected chi connectivity index (χ0v) is 25.4. The minimum atomic E-state index is -0.315. The quantitative estimate of drug-likeness (QED) is 0.399. The van der Waals surface area contributed by atoms with Gasteiger partial charge in [0, 0.05) is 22.2 Å². The fourth-order valence-electron chi connectivity index (χ4n) is 9.03. The number of rotatable bonds is 2. The van der Waals surface area contributed by atoms with E-state index in [4.69, 9.17) is 11.6 Å². The second-order valence-corrected chi connectivity index (χ2v) is 14.8. The molecule has 1 heterocycles. The van der Waals surface area contributed by atoms with Gasteiger partial charge < -0.3 is 5.32 Å². The van der Waals surface area contributed by atoms with Gasteiger partial charge in [0.25, 0.3) is 5.91 Å². The Bertz CT molecular complexity index is 1360. The van der Waals surface area contributed by atoms with Gasteiger partial charge in [-0.1, -0.05) is 83.0 Å². The molecule has 6 rings (SSSR count). The van der Waals surface area contributed by atoms with Gasteiger partial charge in [0.05, 0.1) is 6.04 Å². The van der Waals surface area contributed by atoms with Gasteiger partial charge >= 0.3 is 6.03 Å². The molecule has 1 N–H and O–H groups in total. The Hall–Kier alpha value is -2.59. The van der Waals surface area contributed by atoms with E-state index in [9.17, 15) is 9.59 Å². The summed E-state index contributed by atoms with van der Waals surface area (Å²) in [7, 11) is 0. The zero-order valence-electron chi connectivity index (χ0n) is 24.6. The standard InChI is InChI=1S/C35H43ClN2O2/c1-33(2,3)28-14-10-23(22-8-11-24(36)12-9-22)21-29(28)37-32(40)38-30-15-13-25-26-7-6-18-34(26,4)19-16-27(25)35(30,5)20-17-31(38)39/h8-12,14,17,20-21,25-27,30H,6-7,13,15-16,18-19H2,1-5H3,(H,37,40)/t25-,26-,27-,30+,34-,35+/m0/s1. The largest absolute Gasteiger partial charge is 0.329 e. The topological polar surface area (TPSA) is 49.4 Å². The number of halogens is 1. The van der Waals surface area contributed by atoms with Crippen LogP contribution in [0.3, 0.4) is 0 Å². The van der Waals surface area contributed by atoms with E-state index in [1.807, 2.05) is 30.3 Å². The smallest absolute Gasteiger partial charge is 0.307 e. The minimum absolute atomic E-state index is 0.116. The molecule has 3 saturated carbocycles. The Morgan fingerprint density at radius 1 is 0.950 bits per heavy atom. The van der Waals surface area contributed by atoms with Crippen molar-refractivity contribution < 1.29 is 9.59 Å². The number of hydrogen-bond donors (Lipinski definition) is 1. The first-order valence-electron chi connectivity index (χ1n) is 15.1. The van der Waals surface area contributed by atoms with Gasteiger partial charge in [-0.3, -0.25) is 9.69 Å².